The van der Waals surface area contributed by atoms with Crippen LogP contribution in [0.15, 0.2) is 29.4 Å². The number of aliphatic hydroxyl groups excluding tert-OH is 1. The first-order chi connectivity index (χ1) is 7.26. The van der Waals surface area contributed by atoms with E-state index in [1.54, 1.807) is 12.1 Å². The van der Waals surface area contributed by atoms with Crippen LogP contribution in [0.3, 0.4) is 0 Å². The largest absolute Gasteiger partial charge is 0.396 e. The summed E-state index contributed by atoms with van der Waals surface area (Å²) in [5, 5.41) is 12.3. The number of azide groups is 1. The summed E-state index contributed by atoms with van der Waals surface area (Å²) in [6, 6.07) is 5.73. The number of rotatable bonds is 5. The van der Waals surface area contributed by atoms with Crippen molar-refractivity contribution in [1.82, 2.24) is 0 Å². The lowest BCUT2D eigenvalue weighted by Gasteiger charge is -2.06. The lowest BCUT2D eigenvalue weighted by atomic mass is 10.1. The second-order valence-electron chi connectivity index (χ2n) is 3.21. The lowest BCUT2D eigenvalue weighted by molar-refractivity contribution is 0.260. The number of hydrogen-bond donors (Lipinski definition) is 1. The minimum Gasteiger partial charge on any atom is -0.396 e. The molecule has 1 atom stereocenters. The second kappa shape index (κ2) is 6.01. The summed E-state index contributed by atoms with van der Waals surface area (Å²) in [5.41, 5.74) is 9.16. The maximum atomic E-state index is 12.6. The summed E-state index contributed by atoms with van der Waals surface area (Å²) in [5.74, 6) is -0.271. The smallest absolute Gasteiger partial charge is 0.123 e. The van der Waals surface area contributed by atoms with Crippen molar-refractivity contribution < 1.29 is 9.50 Å². The number of hydrogen-bond acceptors (Lipinski definition) is 2. The predicted octanol–water partition coefficient (Wildman–Crippen LogP) is 2.43. The standard InChI is InChI=1S/C10H12FN3O/c11-9-4-1-8(2-5-9)3-6-10(7-15)13-14-12/h1-2,4-5,10,15H,3,6-7H2. The van der Waals surface area contributed by atoms with Crippen LogP contribution in [0.1, 0.15) is 12.0 Å². The van der Waals surface area contributed by atoms with Crippen LogP contribution < -0.4 is 0 Å². The monoisotopic (exact) mass is 209 g/mol. The van der Waals surface area contributed by atoms with E-state index in [4.69, 9.17) is 10.6 Å². The molecule has 0 aliphatic carbocycles. The van der Waals surface area contributed by atoms with E-state index in [0.717, 1.165) is 5.56 Å². The Hall–Kier alpha value is -1.58. The Morgan fingerprint density at radius 1 is 1.40 bits per heavy atom. The molecule has 1 aromatic carbocycles. The fraction of sp³-hybridized carbons (Fsp3) is 0.400. The van der Waals surface area contributed by atoms with Crippen LogP contribution in [0.4, 0.5) is 4.39 Å². The van der Waals surface area contributed by atoms with E-state index in [2.05, 4.69) is 10.0 Å². The summed E-state index contributed by atoms with van der Waals surface area (Å²) < 4.78 is 12.6. The molecule has 4 nitrogen and oxygen atoms in total. The summed E-state index contributed by atoms with van der Waals surface area (Å²) >= 11 is 0. The van der Waals surface area contributed by atoms with Gasteiger partial charge in [0.25, 0.3) is 0 Å². The van der Waals surface area contributed by atoms with E-state index in [-0.39, 0.29) is 12.4 Å². The van der Waals surface area contributed by atoms with E-state index in [1.165, 1.54) is 12.1 Å². The average molecular weight is 209 g/mol. The first-order valence-electron chi connectivity index (χ1n) is 4.65. The van der Waals surface area contributed by atoms with Gasteiger partial charge in [0.2, 0.25) is 0 Å². The molecule has 0 aromatic heterocycles. The SMILES string of the molecule is [N-]=[N+]=NC(CO)CCc1ccc(F)cc1. The van der Waals surface area contributed by atoms with Gasteiger partial charge in [0.15, 0.2) is 0 Å². The number of halogens is 1. The highest BCUT2D eigenvalue weighted by molar-refractivity contribution is 5.16. The van der Waals surface area contributed by atoms with Gasteiger partial charge >= 0.3 is 0 Å². The average Bonchev–Trinajstić information content (AvgIpc) is 2.26. The Balaban J connectivity index is 2.48. The Morgan fingerprint density at radius 2 is 2.07 bits per heavy atom. The molecule has 1 unspecified atom stereocenters. The third kappa shape index (κ3) is 3.97. The molecule has 5 heteroatoms. The van der Waals surface area contributed by atoms with Gasteiger partial charge in [-0.3, -0.25) is 0 Å². The molecular weight excluding hydrogens is 197 g/mol. The van der Waals surface area contributed by atoms with Crippen LogP contribution in [-0.2, 0) is 6.42 Å². The van der Waals surface area contributed by atoms with Gasteiger partial charge in [0.1, 0.15) is 5.82 Å². The van der Waals surface area contributed by atoms with Crippen molar-refractivity contribution in [2.75, 3.05) is 6.61 Å². The Kier molecular flexibility index (Phi) is 4.60. The summed E-state index contributed by atoms with van der Waals surface area (Å²) in [6.07, 6.45) is 1.22. The quantitative estimate of drug-likeness (QED) is 0.451. The number of benzene rings is 1. The Bertz CT molecular complexity index is 346. The zero-order valence-corrected chi connectivity index (χ0v) is 8.17. The van der Waals surface area contributed by atoms with Gasteiger partial charge in [-0.05, 0) is 36.1 Å². The lowest BCUT2D eigenvalue weighted by Crippen LogP contribution is -2.10. The van der Waals surface area contributed by atoms with Crippen molar-refractivity contribution in [2.45, 2.75) is 18.9 Å². The second-order valence-corrected chi connectivity index (χ2v) is 3.21. The maximum absolute atomic E-state index is 12.6. The van der Waals surface area contributed by atoms with Gasteiger partial charge < -0.3 is 5.11 Å². The molecule has 1 aromatic rings. The maximum Gasteiger partial charge on any atom is 0.123 e. The molecule has 0 saturated carbocycles. The minimum atomic E-state index is -0.403. The molecule has 0 aliphatic heterocycles. The zero-order valence-electron chi connectivity index (χ0n) is 8.17. The fourth-order valence-electron chi connectivity index (χ4n) is 1.24. The van der Waals surface area contributed by atoms with E-state index >= 15 is 0 Å². The van der Waals surface area contributed by atoms with E-state index < -0.39 is 6.04 Å². The molecule has 0 fully saturated rings. The molecular formula is C10H12FN3O. The van der Waals surface area contributed by atoms with Gasteiger partial charge in [0.05, 0.1) is 12.6 Å². The predicted molar refractivity (Wildman–Crippen MR) is 54.7 cm³/mol. The highest BCUT2D eigenvalue weighted by atomic mass is 19.1. The Morgan fingerprint density at radius 3 is 2.60 bits per heavy atom. The third-order valence-corrected chi connectivity index (χ3v) is 2.11. The van der Waals surface area contributed by atoms with Crippen LogP contribution in [0.25, 0.3) is 10.4 Å². The van der Waals surface area contributed by atoms with Crippen molar-refractivity contribution in [3.05, 3.63) is 46.1 Å². The van der Waals surface area contributed by atoms with Crippen LogP contribution in [0.2, 0.25) is 0 Å². The summed E-state index contributed by atoms with van der Waals surface area (Å²) in [4.78, 5) is 2.64. The Labute approximate surface area is 87.0 Å². The zero-order chi connectivity index (χ0) is 11.1. The van der Waals surface area contributed by atoms with Crippen molar-refractivity contribution in [2.24, 2.45) is 5.11 Å². The van der Waals surface area contributed by atoms with Gasteiger partial charge in [-0.2, -0.15) is 0 Å². The molecule has 15 heavy (non-hydrogen) atoms. The molecule has 0 aliphatic rings. The number of aliphatic hydroxyl groups is 1. The first-order valence-corrected chi connectivity index (χ1v) is 4.65. The van der Waals surface area contributed by atoms with Gasteiger partial charge in [0, 0.05) is 4.91 Å². The first kappa shape index (κ1) is 11.5. The molecule has 0 amide bonds. The number of nitrogens with zero attached hydrogens (tertiary/aromatic N) is 3. The van der Waals surface area contributed by atoms with E-state index in [1.807, 2.05) is 0 Å². The molecule has 1 rings (SSSR count). The van der Waals surface area contributed by atoms with Crippen molar-refractivity contribution in [1.29, 1.82) is 0 Å². The van der Waals surface area contributed by atoms with Crippen molar-refractivity contribution >= 4 is 0 Å². The van der Waals surface area contributed by atoms with Crippen LogP contribution in [-0.4, -0.2) is 17.8 Å². The van der Waals surface area contributed by atoms with E-state index in [9.17, 15) is 4.39 Å². The molecule has 0 saturated heterocycles. The molecule has 80 valence electrons. The topological polar surface area (TPSA) is 69.0 Å². The van der Waals surface area contributed by atoms with Crippen molar-refractivity contribution in [3.8, 4) is 0 Å². The fourth-order valence-corrected chi connectivity index (χ4v) is 1.24. The molecule has 0 spiro atoms. The van der Waals surface area contributed by atoms with Crippen LogP contribution >= 0.6 is 0 Å². The third-order valence-electron chi connectivity index (χ3n) is 2.11. The van der Waals surface area contributed by atoms with Crippen molar-refractivity contribution in [3.63, 3.8) is 0 Å². The summed E-state index contributed by atoms with van der Waals surface area (Å²) in [7, 11) is 0. The molecule has 0 radical (unpaired) electrons. The van der Waals surface area contributed by atoms with Crippen LogP contribution in [0, 0.1) is 5.82 Å². The molecule has 0 bridgehead atoms. The normalized spacial score (nSPS) is 11.9. The summed E-state index contributed by atoms with van der Waals surface area (Å²) in [6.45, 7) is -0.161. The van der Waals surface area contributed by atoms with E-state index in [0.29, 0.717) is 12.8 Å². The minimum absolute atomic E-state index is 0.161. The number of aryl methyl sites for hydroxylation is 1. The van der Waals surface area contributed by atoms with Gasteiger partial charge in [-0.25, -0.2) is 4.39 Å². The highest BCUT2D eigenvalue weighted by Crippen LogP contribution is 2.08. The molecule has 1 N–H and O–H groups in total. The van der Waals surface area contributed by atoms with Crippen LogP contribution in [0.5, 0.6) is 0 Å². The van der Waals surface area contributed by atoms with Gasteiger partial charge in [-0.1, -0.05) is 17.2 Å². The highest BCUT2D eigenvalue weighted by Gasteiger charge is 2.04. The molecule has 0 heterocycles. The van der Waals surface area contributed by atoms with Gasteiger partial charge in [-0.15, -0.1) is 0 Å².